The van der Waals surface area contributed by atoms with Gasteiger partial charge in [0.2, 0.25) is 0 Å². The minimum absolute atomic E-state index is 0. The molecule has 0 spiro atoms. The fourth-order valence-corrected chi connectivity index (χ4v) is 2.92. The van der Waals surface area contributed by atoms with Crippen LogP contribution in [0, 0.1) is 5.92 Å². The molecule has 19 heavy (non-hydrogen) atoms. The molecular weight excluding hydrogens is 285 g/mol. The molecule has 0 bridgehead atoms. The molecule has 1 aliphatic carbocycles. The number of ether oxygens (including phenoxy) is 1. The minimum atomic E-state index is -0.528. The van der Waals surface area contributed by atoms with Crippen LogP contribution in [-0.4, -0.2) is 18.3 Å². The van der Waals surface area contributed by atoms with Crippen molar-refractivity contribution in [1.82, 2.24) is 0 Å². The number of rotatable bonds is 4. The molecule has 0 radical (unpaired) electrons. The van der Waals surface area contributed by atoms with Crippen molar-refractivity contribution in [1.29, 1.82) is 0 Å². The van der Waals surface area contributed by atoms with Crippen molar-refractivity contribution < 1.29 is 9.84 Å². The molecule has 108 valence electrons. The molecule has 3 nitrogen and oxygen atoms in total. The van der Waals surface area contributed by atoms with Gasteiger partial charge in [-0.2, -0.15) is 0 Å². The van der Waals surface area contributed by atoms with Crippen LogP contribution in [0.1, 0.15) is 37.3 Å². The standard InChI is InChI=1S/C14H20ClNO2.ClH/c1-18-12-7-6-10(15)8-11(12)13(16)14(17)9-4-2-3-5-9;/h6-9,13-14,17H,2-5,16H2,1H3;1H/t13-,14+;/m0./s1. The first-order chi connectivity index (χ1) is 8.63. The van der Waals surface area contributed by atoms with Crippen molar-refractivity contribution in [3.05, 3.63) is 28.8 Å². The second-order valence-electron chi connectivity index (χ2n) is 4.95. The van der Waals surface area contributed by atoms with Gasteiger partial charge < -0.3 is 15.6 Å². The van der Waals surface area contributed by atoms with E-state index in [0.717, 1.165) is 18.4 Å². The highest BCUT2D eigenvalue weighted by molar-refractivity contribution is 6.30. The Kier molecular flexibility index (Phi) is 6.40. The van der Waals surface area contributed by atoms with Crippen molar-refractivity contribution in [3.8, 4) is 5.75 Å². The molecule has 0 aromatic heterocycles. The molecule has 1 saturated carbocycles. The third kappa shape index (κ3) is 3.76. The van der Waals surface area contributed by atoms with E-state index >= 15 is 0 Å². The molecular formula is C14H21Cl2NO2. The summed E-state index contributed by atoms with van der Waals surface area (Å²) in [5.41, 5.74) is 6.96. The maximum Gasteiger partial charge on any atom is 0.123 e. The number of aliphatic hydroxyl groups is 1. The second-order valence-corrected chi connectivity index (χ2v) is 5.38. The predicted molar refractivity (Wildman–Crippen MR) is 80.1 cm³/mol. The van der Waals surface area contributed by atoms with E-state index in [0.29, 0.717) is 16.7 Å². The van der Waals surface area contributed by atoms with Crippen LogP contribution < -0.4 is 10.5 Å². The normalized spacial score (nSPS) is 18.7. The Hall–Kier alpha value is -0.480. The molecule has 0 heterocycles. The van der Waals surface area contributed by atoms with Crippen LogP contribution >= 0.6 is 24.0 Å². The monoisotopic (exact) mass is 305 g/mol. The van der Waals surface area contributed by atoms with Crippen LogP contribution in [0.2, 0.25) is 5.02 Å². The summed E-state index contributed by atoms with van der Waals surface area (Å²) in [6.45, 7) is 0. The number of hydrogen-bond acceptors (Lipinski definition) is 3. The second kappa shape index (κ2) is 7.34. The van der Waals surface area contributed by atoms with Crippen LogP contribution in [0.5, 0.6) is 5.75 Å². The Morgan fingerprint density at radius 3 is 2.58 bits per heavy atom. The molecule has 0 saturated heterocycles. The highest BCUT2D eigenvalue weighted by Gasteiger charge is 2.30. The first kappa shape index (κ1) is 16.6. The van der Waals surface area contributed by atoms with Gasteiger partial charge in [0.05, 0.1) is 19.3 Å². The van der Waals surface area contributed by atoms with Gasteiger partial charge in [-0.05, 0) is 37.0 Å². The van der Waals surface area contributed by atoms with Crippen LogP contribution in [0.3, 0.4) is 0 Å². The van der Waals surface area contributed by atoms with Gasteiger partial charge in [0.15, 0.2) is 0 Å². The molecule has 0 unspecified atom stereocenters. The van der Waals surface area contributed by atoms with E-state index in [9.17, 15) is 5.11 Å². The number of benzene rings is 1. The van der Waals surface area contributed by atoms with E-state index in [1.807, 2.05) is 0 Å². The number of hydrogen-bond donors (Lipinski definition) is 2. The SMILES string of the molecule is COc1ccc(Cl)cc1[C@H](N)[C@H](O)C1CCCC1.Cl. The lowest BCUT2D eigenvalue weighted by molar-refractivity contribution is 0.0836. The van der Waals surface area contributed by atoms with Gasteiger partial charge >= 0.3 is 0 Å². The lowest BCUT2D eigenvalue weighted by Crippen LogP contribution is -2.32. The third-order valence-corrected chi connectivity index (χ3v) is 4.04. The molecule has 3 N–H and O–H groups in total. The summed E-state index contributed by atoms with van der Waals surface area (Å²) >= 11 is 5.99. The van der Waals surface area contributed by atoms with Crippen molar-refractivity contribution >= 4 is 24.0 Å². The lowest BCUT2D eigenvalue weighted by atomic mass is 9.90. The molecule has 1 aliphatic rings. The molecule has 0 amide bonds. The van der Waals surface area contributed by atoms with Crippen molar-refractivity contribution in [2.45, 2.75) is 37.8 Å². The topological polar surface area (TPSA) is 55.5 Å². The van der Waals surface area contributed by atoms with Gasteiger partial charge in [-0.15, -0.1) is 12.4 Å². The third-order valence-electron chi connectivity index (χ3n) is 3.80. The van der Waals surface area contributed by atoms with Gasteiger partial charge in [0.1, 0.15) is 5.75 Å². The zero-order chi connectivity index (χ0) is 13.1. The van der Waals surface area contributed by atoms with Crippen molar-refractivity contribution in [2.75, 3.05) is 7.11 Å². The average Bonchev–Trinajstić information content (AvgIpc) is 2.90. The van der Waals surface area contributed by atoms with Gasteiger partial charge in [0, 0.05) is 10.6 Å². The van der Waals surface area contributed by atoms with Crippen LogP contribution in [0.25, 0.3) is 0 Å². The Morgan fingerprint density at radius 1 is 1.37 bits per heavy atom. The van der Waals surface area contributed by atoms with Gasteiger partial charge in [-0.3, -0.25) is 0 Å². The summed E-state index contributed by atoms with van der Waals surface area (Å²) < 4.78 is 5.28. The van der Waals surface area contributed by atoms with Crippen LogP contribution in [0.15, 0.2) is 18.2 Å². The summed E-state index contributed by atoms with van der Waals surface area (Å²) in [5, 5.41) is 11.0. The van der Waals surface area contributed by atoms with Gasteiger partial charge in [-0.1, -0.05) is 24.4 Å². The zero-order valence-corrected chi connectivity index (χ0v) is 12.6. The van der Waals surface area contributed by atoms with E-state index in [1.54, 1.807) is 25.3 Å². The fourth-order valence-electron chi connectivity index (χ4n) is 2.74. The zero-order valence-electron chi connectivity index (χ0n) is 11.0. The minimum Gasteiger partial charge on any atom is -0.496 e. The summed E-state index contributed by atoms with van der Waals surface area (Å²) in [4.78, 5) is 0. The smallest absolute Gasteiger partial charge is 0.123 e. The molecule has 2 rings (SSSR count). The number of nitrogens with two attached hydrogens (primary N) is 1. The molecule has 2 atom stereocenters. The molecule has 0 aliphatic heterocycles. The fraction of sp³-hybridized carbons (Fsp3) is 0.571. The van der Waals surface area contributed by atoms with E-state index in [1.165, 1.54) is 12.8 Å². The van der Waals surface area contributed by atoms with E-state index in [2.05, 4.69) is 0 Å². The van der Waals surface area contributed by atoms with Crippen molar-refractivity contribution in [2.24, 2.45) is 11.7 Å². The predicted octanol–water partition coefficient (Wildman–Crippen LogP) is 3.32. The van der Waals surface area contributed by atoms with E-state index in [4.69, 9.17) is 22.1 Å². The Balaban J connectivity index is 0.00000180. The van der Waals surface area contributed by atoms with Crippen LogP contribution in [-0.2, 0) is 0 Å². The average molecular weight is 306 g/mol. The largest absolute Gasteiger partial charge is 0.496 e. The number of aliphatic hydroxyl groups excluding tert-OH is 1. The summed E-state index contributed by atoms with van der Waals surface area (Å²) in [6.07, 6.45) is 3.94. The molecule has 5 heteroatoms. The molecule has 1 aromatic rings. The summed E-state index contributed by atoms with van der Waals surface area (Å²) in [7, 11) is 1.60. The number of methoxy groups -OCH3 is 1. The Bertz CT molecular complexity index is 408. The highest BCUT2D eigenvalue weighted by Crippen LogP contribution is 2.36. The first-order valence-corrected chi connectivity index (χ1v) is 6.78. The summed E-state index contributed by atoms with van der Waals surface area (Å²) in [6, 6.07) is 4.89. The van der Waals surface area contributed by atoms with E-state index < -0.39 is 12.1 Å². The Morgan fingerprint density at radius 2 is 2.00 bits per heavy atom. The van der Waals surface area contributed by atoms with Gasteiger partial charge in [0.25, 0.3) is 0 Å². The maximum absolute atomic E-state index is 10.4. The van der Waals surface area contributed by atoms with E-state index in [-0.39, 0.29) is 12.4 Å². The van der Waals surface area contributed by atoms with Crippen molar-refractivity contribution in [3.63, 3.8) is 0 Å². The molecule has 1 aromatic carbocycles. The summed E-state index contributed by atoms with van der Waals surface area (Å²) in [5.74, 6) is 0.979. The first-order valence-electron chi connectivity index (χ1n) is 6.40. The van der Waals surface area contributed by atoms with Crippen LogP contribution in [0.4, 0.5) is 0 Å². The number of halogens is 2. The maximum atomic E-state index is 10.4. The lowest BCUT2D eigenvalue weighted by Gasteiger charge is -2.26. The molecule has 1 fully saturated rings. The highest BCUT2D eigenvalue weighted by atomic mass is 35.5. The quantitative estimate of drug-likeness (QED) is 0.897. The Labute approximate surface area is 125 Å². The van der Waals surface area contributed by atoms with Gasteiger partial charge in [-0.25, -0.2) is 0 Å².